The number of amides is 1. The summed E-state index contributed by atoms with van der Waals surface area (Å²) in [5.41, 5.74) is 5.99. The fraction of sp³-hybridized carbons (Fsp3) is 0.385. The molecule has 0 saturated carbocycles. The number of anilines is 1. The summed E-state index contributed by atoms with van der Waals surface area (Å²) in [5.74, 6) is -1.00. The van der Waals surface area contributed by atoms with Gasteiger partial charge in [0.1, 0.15) is 12.1 Å². The molecule has 3 N–H and O–H groups in total. The van der Waals surface area contributed by atoms with Gasteiger partial charge in [-0.25, -0.2) is 9.07 Å². The maximum Gasteiger partial charge on any atom is 0.241 e. The van der Waals surface area contributed by atoms with Crippen LogP contribution in [0.4, 0.5) is 10.1 Å². The second kappa shape index (κ2) is 5.57. The van der Waals surface area contributed by atoms with Gasteiger partial charge in [0.25, 0.3) is 0 Å². The number of halogens is 1. The van der Waals surface area contributed by atoms with E-state index in [0.29, 0.717) is 5.69 Å². The van der Waals surface area contributed by atoms with Crippen molar-refractivity contribution in [3.8, 4) is 5.69 Å². The first-order valence-corrected chi connectivity index (χ1v) is 6.38. The Hall–Kier alpha value is -2.35. The Balaban J connectivity index is 2.24. The number of nitrogens with one attached hydrogen (secondary N) is 1. The normalized spacial score (nSPS) is 13.0. The summed E-state index contributed by atoms with van der Waals surface area (Å²) in [5, 5.41) is 13.2. The summed E-state index contributed by atoms with van der Waals surface area (Å²) in [4.78, 5) is 12.1. The third kappa shape index (κ3) is 3.40. The van der Waals surface area contributed by atoms with Crippen LogP contribution in [0.2, 0.25) is 0 Å². The van der Waals surface area contributed by atoms with E-state index in [4.69, 9.17) is 5.73 Å². The van der Waals surface area contributed by atoms with Gasteiger partial charge in [-0.1, -0.05) is 20.8 Å². The zero-order chi connectivity index (χ0) is 15.6. The quantitative estimate of drug-likeness (QED) is 0.883. The number of hydrogen-bond acceptors (Lipinski definition) is 5. The topological polar surface area (TPSA) is 98.7 Å². The van der Waals surface area contributed by atoms with E-state index in [2.05, 4.69) is 20.8 Å². The Morgan fingerprint density at radius 1 is 1.43 bits per heavy atom. The third-order valence-electron chi connectivity index (χ3n) is 3.04. The van der Waals surface area contributed by atoms with Crippen molar-refractivity contribution < 1.29 is 9.18 Å². The van der Waals surface area contributed by atoms with Gasteiger partial charge < -0.3 is 11.1 Å². The van der Waals surface area contributed by atoms with Crippen LogP contribution in [0.15, 0.2) is 24.5 Å². The van der Waals surface area contributed by atoms with Crippen molar-refractivity contribution in [3.63, 3.8) is 0 Å². The molecule has 0 aliphatic rings. The van der Waals surface area contributed by atoms with Gasteiger partial charge >= 0.3 is 0 Å². The third-order valence-corrected chi connectivity index (χ3v) is 3.04. The molecule has 1 aromatic heterocycles. The molecule has 8 heteroatoms. The minimum Gasteiger partial charge on any atom is -0.322 e. The zero-order valence-corrected chi connectivity index (χ0v) is 12.0. The molecule has 0 saturated heterocycles. The van der Waals surface area contributed by atoms with Crippen LogP contribution in [0.3, 0.4) is 0 Å². The summed E-state index contributed by atoms with van der Waals surface area (Å²) < 4.78 is 15.2. The van der Waals surface area contributed by atoms with Gasteiger partial charge in [-0.3, -0.25) is 4.79 Å². The zero-order valence-electron chi connectivity index (χ0n) is 12.0. The molecule has 7 nitrogen and oxygen atoms in total. The van der Waals surface area contributed by atoms with E-state index in [0.717, 1.165) is 0 Å². The molecule has 1 amide bonds. The number of carbonyl (C=O) groups excluding carboxylic acids is 1. The van der Waals surface area contributed by atoms with Crippen molar-refractivity contribution in [1.82, 2.24) is 20.2 Å². The molecule has 0 spiro atoms. The number of tetrazole rings is 1. The van der Waals surface area contributed by atoms with E-state index in [1.807, 2.05) is 20.8 Å². The second-order valence-electron chi connectivity index (χ2n) is 5.75. The molecule has 0 aliphatic carbocycles. The number of carbonyl (C=O) groups is 1. The molecular weight excluding hydrogens is 275 g/mol. The average Bonchev–Trinajstić information content (AvgIpc) is 2.93. The monoisotopic (exact) mass is 292 g/mol. The lowest BCUT2D eigenvalue weighted by Gasteiger charge is -2.25. The molecular formula is C13H17FN6O. The molecule has 2 aromatic rings. The molecule has 0 radical (unpaired) electrons. The van der Waals surface area contributed by atoms with Crippen LogP contribution in [0.5, 0.6) is 0 Å². The molecule has 1 atom stereocenters. The van der Waals surface area contributed by atoms with E-state index in [1.54, 1.807) is 0 Å². The number of benzene rings is 1. The number of nitrogens with zero attached hydrogens (tertiary/aromatic N) is 4. The number of rotatable bonds is 3. The minimum absolute atomic E-state index is 0.0349. The van der Waals surface area contributed by atoms with Crippen molar-refractivity contribution in [2.75, 3.05) is 5.32 Å². The number of nitrogens with two attached hydrogens (primary N) is 1. The van der Waals surface area contributed by atoms with E-state index in [9.17, 15) is 9.18 Å². The lowest BCUT2D eigenvalue weighted by Crippen LogP contribution is -2.45. The van der Waals surface area contributed by atoms with Gasteiger partial charge in [-0.2, -0.15) is 0 Å². The molecule has 0 bridgehead atoms. The maximum atomic E-state index is 13.8. The predicted octanol–water partition coefficient (Wildman–Crippen LogP) is 1.11. The van der Waals surface area contributed by atoms with E-state index in [-0.39, 0.29) is 5.69 Å². The van der Waals surface area contributed by atoms with Crippen molar-refractivity contribution in [1.29, 1.82) is 0 Å². The summed E-state index contributed by atoms with van der Waals surface area (Å²) in [6.45, 7) is 5.52. The van der Waals surface area contributed by atoms with Gasteiger partial charge in [0.2, 0.25) is 5.91 Å². The molecule has 2 rings (SSSR count). The van der Waals surface area contributed by atoms with Crippen LogP contribution in [0, 0.1) is 11.2 Å². The van der Waals surface area contributed by atoms with Crippen LogP contribution < -0.4 is 11.1 Å². The highest BCUT2D eigenvalue weighted by molar-refractivity contribution is 5.95. The Morgan fingerprint density at radius 2 is 2.14 bits per heavy atom. The molecule has 0 aliphatic heterocycles. The summed E-state index contributed by atoms with van der Waals surface area (Å²) in [7, 11) is 0. The van der Waals surface area contributed by atoms with E-state index in [1.165, 1.54) is 29.2 Å². The predicted molar refractivity (Wildman–Crippen MR) is 75.2 cm³/mol. The number of aromatic nitrogens is 4. The lowest BCUT2D eigenvalue weighted by molar-refractivity contribution is -0.119. The lowest BCUT2D eigenvalue weighted by atomic mass is 9.87. The largest absolute Gasteiger partial charge is 0.322 e. The standard InChI is InChI=1S/C13H17FN6O/c1-13(2,3)11(15)12(21)17-10-6-8(4-5-9(10)14)20-7-16-18-19-20/h4-7,11H,15H2,1-3H3,(H,17,21)/t11-/m1/s1. The SMILES string of the molecule is CC(C)(C)[C@H](N)C(=O)Nc1cc(-n2cnnn2)ccc1F. The van der Waals surface area contributed by atoms with Crippen LogP contribution in [-0.4, -0.2) is 32.2 Å². The Bertz CT molecular complexity index is 635. The summed E-state index contributed by atoms with van der Waals surface area (Å²) >= 11 is 0. The van der Waals surface area contributed by atoms with Crippen LogP contribution in [0.1, 0.15) is 20.8 Å². The average molecular weight is 292 g/mol. The van der Waals surface area contributed by atoms with E-state index >= 15 is 0 Å². The van der Waals surface area contributed by atoms with Crippen molar-refractivity contribution in [2.45, 2.75) is 26.8 Å². The fourth-order valence-corrected chi connectivity index (χ4v) is 1.63. The number of hydrogen-bond donors (Lipinski definition) is 2. The Labute approximate surface area is 121 Å². The first-order chi connectivity index (χ1) is 9.79. The smallest absolute Gasteiger partial charge is 0.241 e. The molecule has 112 valence electrons. The highest BCUT2D eigenvalue weighted by Gasteiger charge is 2.28. The van der Waals surface area contributed by atoms with Gasteiger partial charge in [0, 0.05) is 0 Å². The second-order valence-corrected chi connectivity index (χ2v) is 5.75. The molecule has 1 aromatic carbocycles. The Kier molecular flexibility index (Phi) is 3.99. The molecule has 0 unspecified atom stereocenters. The first kappa shape index (κ1) is 15.0. The minimum atomic E-state index is -0.756. The van der Waals surface area contributed by atoms with Crippen LogP contribution in [0.25, 0.3) is 5.69 Å². The maximum absolute atomic E-state index is 13.8. The molecule has 0 fully saturated rings. The Morgan fingerprint density at radius 3 is 2.71 bits per heavy atom. The highest BCUT2D eigenvalue weighted by atomic mass is 19.1. The van der Waals surface area contributed by atoms with Crippen molar-refractivity contribution in [3.05, 3.63) is 30.3 Å². The van der Waals surface area contributed by atoms with E-state index < -0.39 is 23.2 Å². The van der Waals surface area contributed by atoms with Crippen LogP contribution in [-0.2, 0) is 4.79 Å². The summed E-state index contributed by atoms with van der Waals surface area (Å²) in [6.07, 6.45) is 1.37. The van der Waals surface area contributed by atoms with Crippen molar-refractivity contribution in [2.24, 2.45) is 11.1 Å². The first-order valence-electron chi connectivity index (χ1n) is 6.38. The van der Waals surface area contributed by atoms with Gasteiger partial charge in [0.15, 0.2) is 0 Å². The van der Waals surface area contributed by atoms with Gasteiger partial charge in [0.05, 0.1) is 17.4 Å². The fourth-order valence-electron chi connectivity index (χ4n) is 1.63. The van der Waals surface area contributed by atoms with Crippen LogP contribution >= 0.6 is 0 Å². The molecule has 21 heavy (non-hydrogen) atoms. The van der Waals surface area contributed by atoms with Gasteiger partial charge in [-0.05, 0) is 34.0 Å². The van der Waals surface area contributed by atoms with Gasteiger partial charge in [-0.15, -0.1) is 5.10 Å². The molecule has 1 heterocycles. The van der Waals surface area contributed by atoms with Crippen molar-refractivity contribution >= 4 is 11.6 Å². The summed E-state index contributed by atoms with van der Waals surface area (Å²) in [6, 6.07) is 3.42. The highest BCUT2D eigenvalue weighted by Crippen LogP contribution is 2.22.